The summed E-state index contributed by atoms with van der Waals surface area (Å²) in [6.45, 7) is 6.36. The molecule has 0 saturated carbocycles. The van der Waals surface area contributed by atoms with Crippen molar-refractivity contribution in [1.82, 2.24) is 14.5 Å². The van der Waals surface area contributed by atoms with E-state index in [1.807, 2.05) is 39.0 Å². The van der Waals surface area contributed by atoms with E-state index in [0.29, 0.717) is 18.0 Å². The monoisotopic (exact) mass is 454 g/mol. The lowest BCUT2D eigenvalue weighted by molar-refractivity contribution is 0.102. The van der Waals surface area contributed by atoms with Crippen molar-refractivity contribution in [2.75, 3.05) is 11.9 Å². The summed E-state index contributed by atoms with van der Waals surface area (Å²) in [5.41, 5.74) is 3.14. The van der Waals surface area contributed by atoms with E-state index in [0.717, 1.165) is 36.0 Å². The van der Waals surface area contributed by atoms with E-state index < -0.39 is 15.9 Å². The van der Waals surface area contributed by atoms with Crippen LogP contribution in [-0.2, 0) is 10.0 Å². The van der Waals surface area contributed by atoms with Gasteiger partial charge in [-0.2, -0.15) is 4.31 Å². The Bertz CT molecular complexity index is 1240. The molecule has 1 saturated heterocycles. The summed E-state index contributed by atoms with van der Waals surface area (Å²) in [6.07, 6.45) is 2.75. The Kier molecular flexibility index (Phi) is 6.12. The highest BCUT2D eigenvalue weighted by Crippen LogP contribution is 2.26. The van der Waals surface area contributed by atoms with E-state index in [9.17, 15) is 13.2 Å². The first-order valence-electron chi connectivity index (χ1n) is 10.6. The van der Waals surface area contributed by atoms with Gasteiger partial charge in [-0.05, 0) is 69.5 Å². The minimum atomic E-state index is -3.59. The molecule has 1 aliphatic rings. The Morgan fingerprint density at radius 3 is 2.56 bits per heavy atom. The van der Waals surface area contributed by atoms with E-state index >= 15 is 0 Å². The van der Waals surface area contributed by atoms with E-state index in [1.54, 1.807) is 4.31 Å². The number of hydrogen-bond acceptors (Lipinski definition) is 6. The van der Waals surface area contributed by atoms with Crippen molar-refractivity contribution in [3.8, 4) is 11.5 Å². The van der Waals surface area contributed by atoms with Crippen LogP contribution >= 0.6 is 0 Å². The molecule has 1 fully saturated rings. The Morgan fingerprint density at radius 2 is 1.84 bits per heavy atom. The Labute approximate surface area is 187 Å². The lowest BCUT2D eigenvalue weighted by Crippen LogP contribution is -2.41. The summed E-state index contributed by atoms with van der Waals surface area (Å²) in [6, 6.07) is 11.7. The van der Waals surface area contributed by atoms with Crippen molar-refractivity contribution in [2.45, 2.75) is 51.0 Å². The van der Waals surface area contributed by atoms with Crippen molar-refractivity contribution < 1.29 is 17.6 Å². The van der Waals surface area contributed by atoms with E-state index in [2.05, 4.69) is 15.5 Å². The zero-order valence-electron chi connectivity index (χ0n) is 18.3. The van der Waals surface area contributed by atoms with Crippen molar-refractivity contribution in [1.29, 1.82) is 0 Å². The maximum absolute atomic E-state index is 13.0. The van der Waals surface area contributed by atoms with Crippen LogP contribution in [0.15, 0.2) is 51.8 Å². The number of amides is 1. The predicted octanol–water partition coefficient (Wildman–Crippen LogP) is 4.17. The fraction of sp³-hybridized carbons (Fsp3) is 0.348. The van der Waals surface area contributed by atoms with E-state index in [4.69, 9.17) is 4.42 Å². The fourth-order valence-corrected chi connectivity index (χ4v) is 5.56. The SMILES string of the molecule is Cc1ccc(C)c(-c2nnc(NC(=O)c3ccc(S(=O)(=O)N4CCCCC4C)cc3)o2)c1. The molecule has 1 amide bonds. The normalized spacial score (nSPS) is 17.3. The number of sulfonamides is 1. The summed E-state index contributed by atoms with van der Waals surface area (Å²) in [7, 11) is -3.59. The molecule has 2 heterocycles. The second kappa shape index (κ2) is 8.84. The third-order valence-electron chi connectivity index (χ3n) is 5.73. The fourth-order valence-electron chi connectivity index (χ4n) is 3.86. The Balaban J connectivity index is 1.48. The number of carbonyl (C=O) groups excluding carboxylic acids is 1. The molecule has 0 radical (unpaired) electrons. The molecule has 1 aromatic heterocycles. The van der Waals surface area contributed by atoms with Crippen molar-refractivity contribution in [3.05, 3.63) is 59.2 Å². The van der Waals surface area contributed by atoms with Gasteiger partial charge in [-0.3, -0.25) is 10.1 Å². The van der Waals surface area contributed by atoms with Crippen LogP contribution in [0.25, 0.3) is 11.5 Å². The average molecular weight is 455 g/mol. The summed E-state index contributed by atoms with van der Waals surface area (Å²) < 4.78 is 33.1. The minimum Gasteiger partial charge on any atom is -0.403 e. The molecule has 1 N–H and O–H groups in total. The van der Waals surface area contributed by atoms with Gasteiger partial charge in [0.05, 0.1) is 4.90 Å². The van der Waals surface area contributed by atoms with Crippen LogP contribution in [0, 0.1) is 13.8 Å². The number of nitrogens with zero attached hydrogens (tertiary/aromatic N) is 3. The Morgan fingerprint density at radius 1 is 1.09 bits per heavy atom. The first-order chi connectivity index (χ1) is 15.3. The zero-order chi connectivity index (χ0) is 22.9. The van der Waals surface area contributed by atoms with Gasteiger partial charge in [0.2, 0.25) is 15.9 Å². The molecule has 3 aromatic rings. The van der Waals surface area contributed by atoms with Crippen LogP contribution in [0.5, 0.6) is 0 Å². The molecule has 32 heavy (non-hydrogen) atoms. The van der Waals surface area contributed by atoms with Gasteiger partial charge < -0.3 is 4.42 Å². The number of aryl methyl sites for hydroxylation is 2. The summed E-state index contributed by atoms with van der Waals surface area (Å²) in [5.74, 6) is -0.143. The first-order valence-corrected chi connectivity index (χ1v) is 12.0. The molecule has 2 aromatic carbocycles. The van der Waals surface area contributed by atoms with Crippen molar-refractivity contribution in [2.24, 2.45) is 0 Å². The minimum absolute atomic E-state index is 0.0234. The molecule has 4 rings (SSSR count). The molecule has 0 aliphatic carbocycles. The number of carbonyl (C=O) groups is 1. The average Bonchev–Trinajstić information content (AvgIpc) is 3.24. The van der Waals surface area contributed by atoms with Gasteiger partial charge in [0.25, 0.3) is 5.91 Å². The largest absolute Gasteiger partial charge is 0.403 e. The molecule has 9 heteroatoms. The number of rotatable bonds is 5. The lowest BCUT2D eigenvalue weighted by atomic mass is 10.1. The lowest BCUT2D eigenvalue weighted by Gasteiger charge is -2.32. The quantitative estimate of drug-likeness (QED) is 0.620. The highest BCUT2D eigenvalue weighted by molar-refractivity contribution is 7.89. The van der Waals surface area contributed by atoms with Crippen LogP contribution in [0.2, 0.25) is 0 Å². The van der Waals surface area contributed by atoms with Gasteiger partial charge in [-0.15, -0.1) is 5.10 Å². The number of piperidine rings is 1. The molecule has 1 unspecified atom stereocenters. The predicted molar refractivity (Wildman–Crippen MR) is 121 cm³/mol. The highest BCUT2D eigenvalue weighted by atomic mass is 32.2. The summed E-state index contributed by atoms with van der Waals surface area (Å²) in [5, 5.41) is 10.5. The Hall–Kier alpha value is -3.04. The maximum Gasteiger partial charge on any atom is 0.322 e. The molecule has 168 valence electrons. The second-order valence-electron chi connectivity index (χ2n) is 8.17. The topological polar surface area (TPSA) is 105 Å². The van der Waals surface area contributed by atoms with Gasteiger partial charge in [0.1, 0.15) is 0 Å². The number of aromatic nitrogens is 2. The molecule has 0 spiro atoms. The number of anilines is 1. The van der Waals surface area contributed by atoms with Crippen LogP contribution < -0.4 is 5.32 Å². The molecule has 1 atom stereocenters. The van der Waals surface area contributed by atoms with Gasteiger partial charge >= 0.3 is 6.01 Å². The third-order valence-corrected chi connectivity index (χ3v) is 7.76. The molecular weight excluding hydrogens is 428 g/mol. The van der Waals surface area contributed by atoms with Crippen molar-refractivity contribution in [3.63, 3.8) is 0 Å². The number of nitrogens with one attached hydrogen (secondary N) is 1. The van der Waals surface area contributed by atoms with Gasteiger partial charge in [0, 0.05) is 23.7 Å². The smallest absolute Gasteiger partial charge is 0.322 e. The number of hydrogen-bond donors (Lipinski definition) is 1. The highest BCUT2D eigenvalue weighted by Gasteiger charge is 2.31. The van der Waals surface area contributed by atoms with Crippen molar-refractivity contribution >= 4 is 21.9 Å². The van der Waals surface area contributed by atoms with E-state index in [-0.39, 0.29) is 17.0 Å². The summed E-state index contributed by atoms with van der Waals surface area (Å²) in [4.78, 5) is 12.8. The molecule has 1 aliphatic heterocycles. The molecule has 8 nitrogen and oxygen atoms in total. The molecular formula is C23H26N4O4S. The van der Waals surface area contributed by atoms with Gasteiger partial charge in [0.15, 0.2) is 0 Å². The van der Waals surface area contributed by atoms with Crippen LogP contribution in [0.3, 0.4) is 0 Å². The zero-order valence-corrected chi connectivity index (χ0v) is 19.1. The first kappa shape index (κ1) is 22.2. The standard InChI is InChI=1S/C23H26N4O4S/c1-15-7-8-16(2)20(14-15)22-25-26-23(31-22)24-21(28)18-9-11-19(12-10-18)32(29,30)27-13-5-4-6-17(27)3/h7-12,14,17H,4-6,13H2,1-3H3,(H,24,26,28). The number of benzene rings is 2. The van der Waals surface area contributed by atoms with Crippen LogP contribution in [0.4, 0.5) is 6.01 Å². The maximum atomic E-state index is 13.0. The van der Waals surface area contributed by atoms with Gasteiger partial charge in [-0.1, -0.05) is 29.2 Å². The second-order valence-corrected chi connectivity index (χ2v) is 10.1. The van der Waals surface area contributed by atoms with Crippen LogP contribution in [0.1, 0.15) is 47.7 Å². The van der Waals surface area contributed by atoms with Gasteiger partial charge in [-0.25, -0.2) is 8.42 Å². The van der Waals surface area contributed by atoms with Crippen LogP contribution in [-0.4, -0.2) is 41.4 Å². The summed E-state index contributed by atoms with van der Waals surface area (Å²) >= 11 is 0. The van der Waals surface area contributed by atoms with E-state index in [1.165, 1.54) is 24.3 Å². The third kappa shape index (κ3) is 4.44. The molecule has 0 bridgehead atoms.